The number of rotatable bonds is 4. The van der Waals surface area contributed by atoms with Gasteiger partial charge in [-0.15, -0.1) is 0 Å². The van der Waals surface area contributed by atoms with Crippen LogP contribution in [-0.4, -0.2) is 29.2 Å². The predicted molar refractivity (Wildman–Crippen MR) is 103 cm³/mol. The lowest BCUT2D eigenvalue weighted by molar-refractivity contribution is -0.141. The van der Waals surface area contributed by atoms with Gasteiger partial charge in [-0.2, -0.15) is 0 Å². The Bertz CT molecular complexity index is 1120. The molecule has 3 aromatic rings. The van der Waals surface area contributed by atoms with Crippen LogP contribution in [0.25, 0.3) is 10.9 Å². The average Bonchev–Trinajstić information content (AvgIpc) is 3.05. The molecule has 140 valence electrons. The number of aromatic amines is 1. The van der Waals surface area contributed by atoms with Gasteiger partial charge in [-0.05, 0) is 55.9 Å². The molecule has 2 aromatic carbocycles. The highest BCUT2D eigenvalue weighted by atomic mass is 32.2. The summed E-state index contributed by atoms with van der Waals surface area (Å²) in [5, 5.41) is 11.1. The van der Waals surface area contributed by atoms with Crippen molar-refractivity contribution in [1.82, 2.24) is 4.98 Å². The summed E-state index contributed by atoms with van der Waals surface area (Å²) in [6, 6.07) is 15.8. The lowest BCUT2D eigenvalue weighted by atomic mass is 9.79. The van der Waals surface area contributed by atoms with Gasteiger partial charge in [0, 0.05) is 16.6 Å². The molecule has 2 N–H and O–H groups in total. The van der Waals surface area contributed by atoms with Crippen molar-refractivity contribution in [2.45, 2.75) is 35.8 Å². The van der Waals surface area contributed by atoms with Crippen molar-refractivity contribution in [2.75, 3.05) is 0 Å². The minimum atomic E-state index is -4.05. The molecule has 1 aliphatic carbocycles. The number of aliphatic carboxylic acids is 1. The predicted octanol–water partition coefficient (Wildman–Crippen LogP) is 3.59. The number of para-hydroxylation sites is 1. The van der Waals surface area contributed by atoms with Crippen molar-refractivity contribution in [3.63, 3.8) is 0 Å². The molecule has 1 aliphatic rings. The highest BCUT2D eigenvalue weighted by Gasteiger charge is 2.54. The number of nitrogens with one attached hydrogen (secondary N) is 1. The summed E-state index contributed by atoms with van der Waals surface area (Å²) in [7, 11) is -4.05. The molecule has 1 aromatic heterocycles. The molecule has 2 atom stereocenters. The van der Waals surface area contributed by atoms with E-state index in [0.29, 0.717) is 19.3 Å². The Kier molecular flexibility index (Phi) is 4.11. The number of H-pyrrole nitrogens is 1. The largest absolute Gasteiger partial charge is 0.480 e. The zero-order valence-corrected chi connectivity index (χ0v) is 15.8. The van der Waals surface area contributed by atoms with Crippen LogP contribution >= 0.6 is 0 Å². The van der Waals surface area contributed by atoms with Crippen molar-refractivity contribution in [2.24, 2.45) is 5.92 Å². The second kappa shape index (κ2) is 6.23. The standard InChI is InChI=1S/C21H21NO4S/c1-21(20(23)24,27(25,26)15-7-3-2-4-8-15)14-11-12-17-16-9-5-6-10-18(16)22-19(17)13-14/h2-10,14,22H,11-13H2,1H3,(H,23,24). The van der Waals surface area contributed by atoms with E-state index in [0.717, 1.165) is 16.6 Å². The topological polar surface area (TPSA) is 87.2 Å². The maximum absolute atomic E-state index is 13.3. The van der Waals surface area contributed by atoms with E-state index in [1.54, 1.807) is 18.2 Å². The molecular formula is C21H21NO4S. The number of fused-ring (bicyclic) bond motifs is 3. The van der Waals surface area contributed by atoms with Crippen molar-refractivity contribution < 1.29 is 18.3 Å². The highest BCUT2D eigenvalue weighted by Crippen LogP contribution is 2.41. The minimum absolute atomic E-state index is 0.0531. The summed E-state index contributed by atoms with van der Waals surface area (Å²) in [6.45, 7) is 1.36. The van der Waals surface area contributed by atoms with Gasteiger partial charge < -0.3 is 10.1 Å². The Morgan fingerprint density at radius 3 is 2.48 bits per heavy atom. The SMILES string of the molecule is CC(C(=O)O)(C1CCc2c([nH]c3ccccc23)C1)S(=O)(=O)c1ccccc1. The maximum Gasteiger partial charge on any atom is 0.325 e. The fraction of sp³-hybridized carbons (Fsp3) is 0.286. The number of benzene rings is 2. The molecule has 27 heavy (non-hydrogen) atoms. The van der Waals surface area contributed by atoms with E-state index in [4.69, 9.17) is 0 Å². The van der Waals surface area contributed by atoms with Gasteiger partial charge in [0.15, 0.2) is 14.6 Å². The number of carbonyl (C=O) groups is 1. The van der Waals surface area contributed by atoms with Gasteiger partial charge in [0.05, 0.1) is 4.90 Å². The molecule has 1 heterocycles. The molecular weight excluding hydrogens is 362 g/mol. The van der Waals surface area contributed by atoms with Gasteiger partial charge in [-0.1, -0.05) is 36.4 Å². The summed E-state index contributed by atoms with van der Waals surface area (Å²) in [4.78, 5) is 15.6. The second-order valence-corrected chi connectivity index (χ2v) is 9.62. The van der Waals surface area contributed by atoms with Crippen molar-refractivity contribution >= 4 is 26.7 Å². The fourth-order valence-electron chi connectivity index (χ4n) is 4.21. The van der Waals surface area contributed by atoms with E-state index >= 15 is 0 Å². The first-order valence-electron chi connectivity index (χ1n) is 8.97. The van der Waals surface area contributed by atoms with E-state index in [2.05, 4.69) is 4.98 Å². The van der Waals surface area contributed by atoms with E-state index < -0.39 is 26.5 Å². The normalized spacial score (nSPS) is 19.4. The molecule has 0 spiro atoms. The van der Waals surface area contributed by atoms with Crippen LogP contribution in [-0.2, 0) is 27.5 Å². The first kappa shape index (κ1) is 17.8. The van der Waals surface area contributed by atoms with Gasteiger partial charge in [-0.25, -0.2) is 8.42 Å². The van der Waals surface area contributed by atoms with E-state index in [-0.39, 0.29) is 4.90 Å². The van der Waals surface area contributed by atoms with E-state index in [1.807, 2.05) is 24.3 Å². The third kappa shape index (κ3) is 2.58. The number of aromatic nitrogens is 1. The van der Waals surface area contributed by atoms with Gasteiger partial charge in [0.2, 0.25) is 0 Å². The highest BCUT2D eigenvalue weighted by molar-refractivity contribution is 7.93. The van der Waals surface area contributed by atoms with Crippen LogP contribution in [0.1, 0.15) is 24.6 Å². The fourth-order valence-corrected chi connectivity index (χ4v) is 6.08. The molecule has 0 radical (unpaired) electrons. The average molecular weight is 383 g/mol. The van der Waals surface area contributed by atoms with Crippen molar-refractivity contribution in [3.8, 4) is 0 Å². The first-order valence-corrected chi connectivity index (χ1v) is 10.5. The summed E-state index contributed by atoms with van der Waals surface area (Å²) < 4.78 is 24.7. The molecule has 2 unspecified atom stereocenters. The molecule has 5 nitrogen and oxygen atoms in total. The Hall–Kier alpha value is -2.60. The third-order valence-electron chi connectivity index (χ3n) is 5.91. The number of aryl methyl sites for hydroxylation is 1. The van der Waals surface area contributed by atoms with Crippen LogP contribution in [0.2, 0.25) is 0 Å². The maximum atomic E-state index is 13.3. The third-order valence-corrected chi connectivity index (χ3v) is 8.43. The minimum Gasteiger partial charge on any atom is -0.480 e. The monoisotopic (exact) mass is 383 g/mol. The first-order chi connectivity index (χ1) is 12.9. The molecule has 0 fully saturated rings. The number of hydrogen-bond donors (Lipinski definition) is 2. The van der Waals surface area contributed by atoms with E-state index in [1.165, 1.54) is 24.6 Å². The van der Waals surface area contributed by atoms with Gasteiger partial charge >= 0.3 is 5.97 Å². The Morgan fingerprint density at radius 2 is 1.78 bits per heavy atom. The second-order valence-electron chi connectivity index (χ2n) is 7.30. The summed E-state index contributed by atoms with van der Waals surface area (Å²) >= 11 is 0. The number of sulfone groups is 1. The number of carboxylic acid groups (broad SMARTS) is 1. The lowest BCUT2D eigenvalue weighted by Crippen LogP contribution is -2.51. The summed E-state index contributed by atoms with van der Waals surface area (Å²) in [6.07, 6.45) is 1.58. The van der Waals surface area contributed by atoms with Crippen LogP contribution < -0.4 is 0 Å². The van der Waals surface area contributed by atoms with Crippen LogP contribution in [0.15, 0.2) is 59.5 Å². The molecule has 0 amide bonds. The van der Waals surface area contributed by atoms with Crippen LogP contribution in [0.4, 0.5) is 0 Å². The van der Waals surface area contributed by atoms with E-state index in [9.17, 15) is 18.3 Å². The smallest absolute Gasteiger partial charge is 0.325 e. The summed E-state index contributed by atoms with van der Waals surface area (Å²) in [5.41, 5.74) is 3.13. The quantitative estimate of drug-likeness (QED) is 0.721. The number of carboxylic acids is 1. The van der Waals surface area contributed by atoms with Crippen molar-refractivity contribution in [1.29, 1.82) is 0 Å². The van der Waals surface area contributed by atoms with Gasteiger partial charge in [0.1, 0.15) is 0 Å². The zero-order valence-electron chi connectivity index (χ0n) is 15.0. The molecule has 6 heteroatoms. The molecule has 0 aliphatic heterocycles. The van der Waals surface area contributed by atoms with Crippen LogP contribution in [0, 0.1) is 5.92 Å². The lowest BCUT2D eigenvalue weighted by Gasteiger charge is -2.35. The van der Waals surface area contributed by atoms with Gasteiger partial charge in [0.25, 0.3) is 0 Å². The Labute approximate surface area is 158 Å². The Balaban J connectivity index is 1.79. The molecule has 0 saturated carbocycles. The number of hydrogen-bond acceptors (Lipinski definition) is 3. The zero-order chi connectivity index (χ0) is 19.2. The van der Waals surface area contributed by atoms with Crippen molar-refractivity contribution in [3.05, 3.63) is 65.9 Å². The molecule has 0 bridgehead atoms. The van der Waals surface area contributed by atoms with Crippen LogP contribution in [0.3, 0.4) is 0 Å². The molecule has 0 saturated heterocycles. The summed E-state index contributed by atoms with van der Waals surface area (Å²) in [5.74, 6) is -1.81. The van der Waals surface area contributed by atoms with Crippen LogP contribution in [0.5, 0.6) is 0 Å². The molecule has 4 rings (SSSR count). The van der Waals surface area contributed by atoms with Gasteiger partial charge in [-0.3, -0.25) is 4.79 Å². The Morgan fingerprint density at radius 1 is 1.11 bits per heavy atom.